The number of aromatic nitrogens is 1. The van der Waals surface area contributed by atoms with Gasteiger partial charge in [0.1, 0.15) is 15.6 Å². The van der Waals surface area contributed by atoms with Crippen molar-refractivity contribution >= 4 is 27.3 Å². The molecule has 0 amide bonds. The van der Waals surface area contributed by atoms with Crippen LogP contribution >= 0.6 is 11.3 Å². The van der Waals surface area contributed by atoms with E-state index in [2.05, 4.69) is 4.98 Å². The first-order chi connectivity index (χ1) is 6.29. The van der Waals surface area contributed by atoms with E-state index in [0.717, 1.165) is 11.3 Å². The Morgan fingerprint density at radius 1 is 1.64 bits per heavy atom. The summed E-state index contributed by atoms with van der Waals surface area (Å²) in [5.41, 5.74) is 0.307. The number of aryl methyl sites for hydroxylation is 1. The molecule has 1 aromatic rings. The molecule has 0 aliphatic carbocycles. The molecular weight excluding hydrogens is 228 g/mol. The fraction of sp³-hybridized carbons (Fsp3) is 0.333. The molecule has 0 unspecified atom stereocenters. The summed E-state index contributed by atoms with van der Waals surface area (Å²) in [4.78, 5) is 14.4. The van der Waals surface area contributed by atoms with Crippen LogP contribution < -0.4 is 5.14 Å². The Morgan fingerprint density at radius 3 is 2.57 bits per heavy atom. The SMILES string of the molecule is Cc1nc(CS(N)(=O)=O)sc1C(=O)O. The first-order valence-electron chi connectivity index (χ1n) is 3.49. The topological polar surface area (TPSA) is 110 Å². The number of nitrogens with zero attached hydrogens (tertiary/aromatic N) is 1. The van der Waals surface area contributed by atoms with Crippen molar-refractivity contribution in [1.82, 2.24) is 4.98 Å². The zero-order valence-corrected chi connectivity index (χ0v) is 8.85. The van der Waals surface area contributed by atoms with Crippen molar-refractivity contribution in [2.24, 2.45) is 5.14 Å². The third-order valence-corrected chi connectivity index (χ3v) is 3.36. The number of carboxylic acids is 1. The second-order valence-corrected chi connectivity index (χ2v) is 5.33. The fourth-order valence-electron chi connectivity index (χ4n) is 0.885. The van der Waals surface area contributed by atoms with Gasteiger partial charge < -0.3 is 5.11 Å². The van der Waals surface area contributed by atoms with Crippen LogP contribution in [-0.2, 0) is 15.8 Å². The normalized spacial score (nSPS) is 11.6. The molecule has 14 heavy (non-hydrogen) atoms. The van der Waals surface area contributed by atoms with Crippen LogP contribution in [0.3, 0.4) is 0 Å². The third kappa shape index (κ3) is 2.76. The molecule has 0 fully saturated rings. The summed E-state index contributed by atoms with van der Waals surface area (Å²) < 4.78 is 21.4. The zero-order chi connectivity index (χ0) is 10.9. The lowest BCUT2D eigenvalue weighted by atomic mass is 10.4. The van der Waals surface area contributed by atoms with Crippen LogP contribution in [0.1, 0.15) is 20.4 Å². The molecule has 0 aliphatic rings. The molecule has 78 valence electrons. The molecule has 0 saturated heterocycles. The van der Waals surface area contributed by atoms with E-state index in [0.29, 0.717) is 5.69 Å². The van der Waals surface area contributed by atoms with Crippen molar-refractivity contribution in [3.05, 3.63) is 15.6 Å². The summed E-state index contributed by atoms with van der Waals surface area (Å²) >= 11 is 0.825. The van der Waals surface area contributed by atoms with Gasteiger partial charge in [0.05, 0.1) is 5.69 Å². The third-order valence-electron chi connectivity index (χ3n) is 1.36. The van der Waals surface area contributed by atoms with Gasteiger partial charge in [-0.1, -0.05) is 0 Å². The Bertz CT molecular complexity index is 462. The second kappa shape index (κ2) is 3.64. The Kier molecular flexibility index (Phi) is 2.88. The van der Waals surface area contributed by atoms with Gasteiger partial charge in [0.2, 0.25) is 10.0 Å². The first kappa shape index (κ1) is 11.1. The summed E-state index contributed by atoms with van der Waals surface area (Å²) in [5, 5.41) is 13.7. The van der Waals surface area contributed by atoms with E-state index in [1.165, 1.54) is 6.92 Å². The fourth-order valence-corrected chi connectivity index (χ4v) is 2.72. The quantitative estimate of drug-likeness (QED) is 0.763. The van der Waals surface area contributed by atoms with E-state index in [9.17, 15) is 13.2 Å². The smallest absolute Gasteiger partial charge is 0.347 e. The number of sulfonamides is 1. The Labute approximate surface area is 84.4 Å². The Hall–Kier alpha value is -0.990. The monoisotopic (exact) mass is 236 g/mol. The van der Waals surface area contributed by atoms with Gasteiger partial charge in [-0.25, -0.2) is 23.3 Å². The Balaban J connectivity index is 3.04. The molecule has 3 N–H and O–H groups in total. The minimum Gasteiger partial charge on any atom is -0.477 e. The highest BCUT2D eigenvalue weighted by Crippen LogP contribution is 2.19. The summed E-state index contributed by atoms with van der Waals surface area (Å²) in [7, 11) is -3.65. The minimum atomic E-state index is -3.65. The van der Waals surface area contributed by atoms with E-state index < -0.39 is 21.7 Å². The molecule has 1 rings (SSSR count). The molecule has 0 atom stereocenters. The molecule has 0 bridgehead atoms. The molecule has 0 aliphatic heterocycles. The van der Waals surface area contributed by atoms with E-state index in [4.69, 9.17) is 10.2 Å². The minimum absolute atomic E-state index is 0.0450. The highest BCUT2D eigenvalue weighted by Gasteiger charge is 2.16. The molecule has 0 spiro atoms. The standard InChI is InChI=1S/C6H8N2O4S2/c1-3-5(6(9)10)13-4(8-3)2-14(7,11)12/h2H2,1H3,(H,9,10)(H2,7,11,12). The maximum absolute atomic E-state index is 10.7. The van der Waals surface area contributed by atoms with Crippen LogP contribution in [0.4, 0.5) is 0 Å². The largest absolute Gasteiger partial charge is 0.477 e. The van der Waals surface area contributed by atoms with Crippen LogP contribution in [0.15, 0.2) is 0 Å². The zero-order valence-electron chi connectivity index (χ0n) is 7.22. The lowest BCUT2D eigenvalue weighted by molar-refractivity contribution is 0.0701. The molecule has 8 heteroatoms. The number of aromatic carboxylic acids is 1. The van der Waals surface area contributed by atoms with Crippen LogP contribution in [0.25, 0.3) is 0 Å². The molecule has 0 radical (unpaired) electrons. The number of thiazole rings is 1. The molecule has 1 heterocycles. The van der Waals surface area contributed by atoms with E-state index in [1.807, 2.05) is 0 Å². The molecule has 0 aromatic carbocycles. The lowest BCUT2D eigenvalue weighted by Crippen LogP contribution is -2.14. The van der Waals surface area contributed by atoms with Gasteiger partial charge in [-0.15, -0.1) is 11.3 Å². The van der Waals surface area contributed by atoms with Crippen molar-refractivity contribution in [3.63, 3.8) is 0 Å². The average Bonchev–Trinajstić information content (AvgIpc) is 2.26. The highest BCUT2D eigenvalue weighted by molar-refractivity contribution is 7.88. The van der Waals surface area contributed by atoms with Crippen LogP contribution in [0.2, 0.25) is 0 Å². The van der Waals surface area contributed by atoms with Gasteiger partial charge in [0.15, 0.2) is 0 Å². The number of rotatable bonds is 3. The average molecular weight is 236 g/mol. The summed E-state index contributed by atoms with van der Waals surface area (Å²) in [6.45, 7) is 1.51. The van der Waals surface area contributed by atoms with E-state index in [-0.39, 0.29) is 9.88 Å². The van der Waals surface area contributed by atoms with Gasteiger partial charge in [-0.3, -0.25) is 0 Å². The van der Waals surface area contributed by atoms with Crippen LogP contribution in [-0.4, -0.2) is 24.5 Å². The molecule has 0 saturated carbocycles. The highest BCUT2D eigenvalue weighted by atomic mass is 32.2. The lowest BCUT2D eigenvalue weighted by Gasteiger charge is -1.90. The van der Waals surface area contributed by atoms with E-state index in [1.54, 1.807) is 0 Å². The van der Waals surface area contributed by atoms with Crippen molar-refractivity contribution in [3.8, 4) is 0 Å². The van der Waals surface area contributed by atoms with Gasteiger partial charge in [0.25, 0.3) is 0 Å². The van der Waals surface area contributed by atoms with Gasteiger partial charge >= 0.3 is 5.97 Å². The number of hydrogen-bond acceptors (Lipinski definition) is 5. The molecule has 1 aromatic heterocycles. The van der Waals surface area contributed by atoms with Crippen LogP contribution in [0, 0.1) is 6.92 Å². The molecular formula is C6H8N2O4S2. The van der Waals surface area contributed by atoms with Crippen LogP contribution in [0.5, 0.6) is 0 Å². The second-order valence-electron chi connectivity index (χ2n) is 2.63. The van der Waals surface area contributed by atoms with Crippen molar-refractivity contribution in [1.29, 1.82) is 0 Å². The summed E-state index contributed by atoms with van der Waals surface area (Å²) in [6.07, 6.45) is 0. The van der Waals surface area contributed by atoms with E-state index >= 15 is 0 Å². The van der Waals surface area contributed by atoms with Gasteiger partial charge in [-0.2, -0.15) is 0 Å². The summed E-state index contributed by atoms with van der Waals surface area (Å²) in [5.74, 6) is -1.54. The van der Waals surface area contributed by atoms with Gasteiger partial charge in [0, 0.05) is 0 Å². The Morgan fingerprint density at radius 2 is 2.21 bits per heavy atom. The summed E-state index contributed by atoms with van der Waals surface area (Å²) in [6, 6.07) is 0. The van der Waals surface area contributed by atoms with Crippen molar-refractivity contribution in [2.75, 3.05) is 0 Å². The maximum atomic E-state index is 10.7. The maximum Gasteiger partial charge on any atom is 0.347 e. The predicted octanol–water partition coefficient (Wildman–Crippen LogP) is -0.0618. The number of nitrogens with two attached hydrogens (primary N) is 1. The molecule has 6 nitrogen and oxygen atoms in total. The first-order valence-corrected chi connectivity index (χ1v) is 6.03. The predicted molar refractivity (Wildman–Crippen MR) is 50.6 cm³/mol. The number of hydrogen-bond donors (Lipinski definition) is 2. The number of carboxylic acid groups (broad SMARTS) is 1. The number of carbonyl (C=O) groups is 1. The van der Waals surface area contributed by atoms with Gasteiger partial charge in [-0.05, 0) is 6.92 Å². The number of primary sulfonamides is 1. The van der Waals surface area contributed by atoms with Crippen molar-refractivity contribution < 1.29 is 18.3 Å². The van der Waals surface area contributed by atoms with Crippen molar-refractivity contribution in [2.45, 2.75) is 12.7 Å².